The fourth-order valence-corrected chi connectivity index (χ4v) is 3.85. The number of allylic oxidation sites excluding steroid dienone is 1. The summed E-state index contributed by atoms with van der Waals surface area (Å²) in [4.78, 5) is 12.4. The van der Waals surface area contributed by atoms with Gasteiger partial charge in [0, 0.05) is 6.54 Å². The molecule has 152 valence electrons. The van der Waals surface area contributed by atoms with E-state index in [9.17, 15) is 4.79 Å². The van der Waals surface area contributed by atoms with Gasteiger partial charge in [0.15, 0.2) is 11.0 Å². The van der Waals surface area contributed by atoms with E-state index in [0.29, 0.717) is 27.6 Å². The number of benzene rings is 1. The minimum Gasteiger partial charge on any atom is -0.469 e. The standard InChI is InChI=1S/C20H20Cl2N4O2S/c1-4-8-26-19(15-7-9-28-13(15)3)24-25-20(26)29-11-18(27)23-12(2)14-5-6-16(21)17(22)10-14/h4-7,9-10,12H,1,8,11H2,2-3H3,(H,23,27). The minimum absolute atomic E-state index is 0.122. The summed E-state index contributed by atoms with van der Waals surface area (Å²) in [6, 6.07) is 6.95. The fraction of sp³-hybridized carbons (Fsp3) is 0.250. The van der Waals surface area contributed by atoms with Crippen LogP contribution in [0.1, 0.15) is 24.3 Å². The van der Waals surface area contributed by atoms with E-state index in [4.69, 9.17) is 27.6 Å². The van der Waals surface area contributed by atoms with Crippen LogP contribution in [-0.2, 0) is 11.3 Å². The zero-order valence-corrected chi connectivity index (χ0v) is 18.3. The van der Waals surface area contributed by atoms with Crippen molar-refractivity contribution in [2.45, 2.75) is 31.6 Å². The second-order valence-corrected chi connectivity index (χ2v) is 8.10. The van der Waals surface area contributed by atoms with Crippen LogP contribution in [0.5, 0.6) is 0 Å². The van der Waals surface area contributed by atoms with E-state index in [0.717, 1.165) is 16.9 Å². The Hall–Kier alpha value is -2.22. The van der Waals surface area contributed by atoms with Crippen molar-refractivity contribution in [1.29, 1.82) is 0 Å². The Bertz CT molecular complexity index is 1030. The highest BCUT2D eigenvalue weighted by Gasteiger charge is 2.18. The van der Waals surface area contributed by atoms with E-state index in [1.54, 1.807) is 24.5 Å². The molecule has 3 rings (SSSR count). The molecule has 0 aliphatic heterocycles. The van der Waals surface area contributed by atoms with Gasteiger partial charge in [0.25, 0.3) is 0 Å². The number of aromatic nitrogens is 3. The van der Waals surface area contributed by atoms with Gasteiger partial charge in [-0.3, -0.25) is 9.36 Å². The van der Waals surface area contributed by atoms with E-state index >= 15 is 0 Å². The maximum absolute atomic E-state index is 12.4. The number of amides is 1. The van der Waals surface area contributed by atoms with E-state index < -0.39 is 0 Å². The molecular weight excluding hydrogens is 431 g/mol. The zero-order valence-electron chi connectivity index (χ0n) is 16.0. The summed E-state index contributed by atoms with van der Waals surface area (Å²) in [5, 5.41) is 13.0. The van der Waals surface area contributed by atoms with Crippen LogP contribution in [0.4, 0.5) is 0 Å². The first-order valence-corrected chi connectivity index (χ1v) is 10.6. The second kappa shape index (κ2) is 9.52. The molecule has 0 bridgehead atoms. The number of nitrogens with zero attached hydrogens (tertiary/aromatic N) is 3. The number of hydrogen-bond acceptors (Lipinski definition) is 5. The molecule has 6 nitrogen and oxygen atoms in total. The van der Waals surface area contributed by atoms with Crippen LogP contribution in [0.2, 0.25) is 10.0 Å². The van der Waals surface area contributed by atoms with Gasteiger partial charge < -0.3 is 9.73 Å². The van der Waals surface area contributed by atoms with E-state index in [1.807, 2.05) is 30.5 Å². The number of carbonyl (C=O) groups excluding carboxylic acids is 1. The average Bonchev–Trinajstić information content (AvgIpc) is 3.28. The molecule has 0 fully saturated rings. The lowest BCUT2D eigenvalue weighted by Crippen LogP contribution is -2.28. The fourth-order valence-electron chi connectivity index (χ4n) is 2.78. The van der Waals surface area contributed by atoms with Crippen molar-refractivity contribution in [2.75, 3.05) is 5.75 Å². The van der Waals surface area contributed by atoms with Crippen molar-refractivity contribution < 1.29 is 9.21 Å². The quantitative estimate of drug-likeness (QED) is 0.371. The van der Waals surface area contributed by atoms with Crippen molar-refractivity contribution >= 4 is 40.9 Å². The molecule has 0 saturated carbocycles. The molecule has 9 heteroatoms. The number of furan rings is 1. The summed E-state index contributed by atoms with van der Waals surface area (Å²) in [6.07, 6.45) is 3.38. The Labute approximate surface area is 183 Å². The summed E-state index contributed by atoms with van der Waals surface area (Å²) in [5.41, 5.74) is 1.74. The van der Waals surface area contributed by atoms with Crippen LogP contribution in [0.25, 0.3) is 11.4 Å². The maximum Gasteiger partial charge on any atom is 0.230 e. The molecule has 2 heterocycles. The summed E-state index contributed by atoms with van der Waals surface area (Å²) in [7, 11) is 0. The summed E-state index contributed by atoms with van der Waals surface area (Å²) >= 11 is 13.3. The van der Waals surface area contributed by atoms with Gasteiger partial charge in [-0.15, -0.1) is 16.8 Å². The van der Waals surface area contributed by atoms with E-state index in [-0.39, 0.29) is 17.7 Å². The first kappa shape index (κ1) is 21.5. The highest BCUT2D eigenvalue weighted by Crippen LogP contribution is 2.28. The third-order valence-electron chi connectivity index (χ3n) is 4.28. The van der Waals surface area contributed by atoms with Gasteiger partial charge in [0.05, 0.1) is 33.7 Å². The highest BCUT2D eigenvalue weighted by molar-refractivity contribution is 7.99. The molecule has 0 radical (unpaired) electrons. The number of halogens is 2. The van der Waals surface area contributed by atoms with Gasteiger partial charge in [-0.05, 0) is 37.6 Å². The third-order valence-corrected chi connectivity index (χ3v) is 5.99. The lowest BCUT2D eigenvalue weighted by Gasteiger charge is -2.15. The van der Waals surface area contributed by atoms with Gasteiger partial charge in [-0.25, -0.2) is 0 Å². The van der Waals surface area contributed by atoms with E-state index in [2.05, 4.69) is 22.1 Å². The number of thioether (sulfide) groups is 1. The number of rotatable bonds is 8. The van der Waals surface area contributed by atoms with Crippen molar-refractivity contribution in [3.05, 3.63) is 64.6 Å². The predicted molar refractivity (Wildman–Crippen MR) is 116 cm³/mol. The molecule has 0 aliphatic carbocycles. The highest BCUT2D eigenvalue weighted by atomic mass is 35.5. The number of nitrogens with one attached hydrogen (secondary N) is 1. The first-order valence-electron chi connectivity index (χ1n) is 8.86. The molecule has 1 unspecified atom stereocenters. The lowest BCUT2D eigenvalue weighted by molar-refractivity contribution is -0.119. The lowest BCUT2D eigenvalue weighted by atomic mass is 10.1. The van der Waals surface area contributed by atoms with Gasteiger partial charge in [0.2, 0.25) is 5.91 Å². The van der Waals surface area contributed by atoms with Crippen molar-refractivity contribution in [3.63, 3.8) is 0 Å². The van der Waals surface area contributed by atoms with Crippen LogP contribution < -0.4 is 5.32 Å². The van der Waals surface area contributed by atoms with Crippen molar-refractivity contribution in [1.82, 2.24) is 20.1 Å². The Kier molecular flexibility index (Phi) is 7.05. The van der Waals surface area contributed by atoms with Gasteiger partial charge in [-0.2, -0.15) is 0 Å². The van der Waals surface area contributed by atoms with Gasteiger partial charge >= 0.3 is 0 Å². The van der Waals surface area contributed by atoms with E-state index in [1.165, 1.54) is 11.8 Å². The zero-order chi connectivity index (χ0) is 21.0. The van der Waals surface area contributed by atoms with Crippen molar-refractivity contribution in [2.24, 2.45) is 0 Å². The molecular formula is C20H20Cl2N4O2S. The van der Waals surface area contributed by atoms with Crippen LogP contribution in [0.3, 0.4) is 0 Å². The molecule has 1 aromatic carbocycles. The molecule has 1 atom stereocenters. The predicted octanol–water partition coefficient (Wildman–Crippen LogP) is 5.31. The number of hydrogen-bond donors (Lipinski definition) is 1. The molecule has 0 saturated heterocycles. The smallest absolute Gasteiger partial charge is 0.230 e. The van der Waals surface area contributed by atoms with Crippen LogP contribution in [0.15, 0.2) is 52.8 Å². The largest absolute Gasteiger partial charge is 0.469 e. The number of carbonyl (C=O) groups is 1. The first-order chi connectivity index (χ1) is 13.9. The topological polar surface area (TPSA) is 73.0 Å². The molecule has 1 N–H and O–H groups in total. The Balaban J connectivity index is 1.67. The summed E-state index contributed by atoms with van der Waals surface area (Å²) in [5.74, 6) is 1.52. The Morgan fingerprint density at radius 1 is 1.34 bits per heavy atom. The summed E-state index contributed by atoms with van der Waals surface area (Å²) < 4.78 is 7.27. The van der Waals surface area contributed by atoms with Gasteiger partial charge in [0.1, 0.15) is 5.76 Å². The molecule has 1 amide bonds. The second-order valence-electron chi connectivity index (χ2n) is 6.35. The monoisotopic (exact) mass is 450 g/mol. The molecule has 0 spiro atoms. The number of aryl methyl sites for hydroxylation is 1. The summed E-state index contributed by atoms with van der Waals surface area (Å²) in [6.45, 7) is 8.08. The molecule has 2 aromatic heterocycles. The van der Waals surface area contributed by atoms with Crippen LogP contribution >= 0.6 is 35.0 Å². The van der Waals surface area contributed by atoms with Gasteiger partial charge in [-0.1, -0.05) is 47.1 Å². The minimum atomic E-state index is -0.201. The van der Waals surface area contributed by atoms with Crippen LogP contribution in [-0.4, -0.2) is 26.4 Å². The van der Waals surface area contributed by atoms with Crippen molar-refractivity contribution in [3.8, 4) is 11.4 Å². The molecule has 0 aliphatic rings. The Morgan fingerprint density at radius 3 is 2.79 bits per heavy atom. The van der Waals surface area contributed by atoms with Crippen LogP contribution in [0, 0.1) is 6.92 Å². The molecule has 29 heavy (non-hydrogen) atoms. The SMILES string of the molecule is C=CCn1c(SCC(=O)NC(C)c2ccc(Cl)c(Cl)c2)nnc1-c1ccoc1C. The maximum atomic E-state index is 12.4. The normalized spacial score (nSPS) is 12.0. The third kappa shape index (κ3) is 5.04. The Morgan fingerprint density at radius 2 is 2.14 bits per heavy atom. The molecule has 3 aromatic rings. The average molecular weight is 451 g/mol.